The summed E-state index contributed by atoms with van der Waals surface area (Å²) in [6, 6.07) is 0. The Morgan fingerprint density at radius 3 is 3.05 bits per heavy atom. The maximum absolute atomic E-state index is 12.0. The number of likely N-dealkylation sites (N-methyl/N-ethyl adjacent to an activating group) is 1. The Morgan fingerprint density at radius 1 is 1.42 bits per heavy atom. The third-order valence-corrected chi connectivity index (χ3v) is 5.36. The highest BCUT2D eigenvalue weighted by Gasteiger charge is 2.43. The fourth-order valence-corrected chi connectivity index (χ4v) is 4.17. The van der Waals surface area contributed by atoms with Gasteiger partial charge in [0.25, 0.3) is 0 Å². The van der Waals surface area contributed by atoms with E-state index in [2.05, 4.69) is 9.88 Å². The van der Waals surface area contributed by atoms with Gasteiger partial charge in [-0.2, -0.15) is 0 Å². The van der Waals surface area contributed by atoms with E-state index in [1.165, 1.54) is 11.4 Å². The number of hydrogen-bond donors (Lipinski definition) is 0. The molecule has 5 heteroatoms. The second-order valence-electron chi connectivity index (χ2n) is 5.77. The van der Waals surface area contributed by atoms with Crippen LogP contribution < -0.4 is 0 Å². The first-order valence-electron chi connectivity index (χ1n) is 7.07. The first-order valence-corrected chi connectivity index (χ1v) is 7.95. The Hall–Kier alpha value is -0.940. The average Bonchev–Trinajstić information content (AvgIpc) is 2.89. The van der Waals surface area contributed by atoms with Crippen LogP contribution in [0, 0.1) is 0 Å². The lowest BCUT2D eigenvalue weighted by Gasteiger charge is -2.50. The van der Waals surface area contributed by atoms with Gasteiger partial charge >= 0.3 is 0 Å². The summed E-state index contributed by atoms with van der Waals surface area (Å²) in [5.41, 5.74) is 0.0881. The van der Waals surface area contributed by atoms with E-state index in [1.807, 2.05) is 23.5 Å². The Balaban J connectivity index is 1.71. The number of carbonyl (C=O) groups is 1. The molecule has 3 rings (SSSR count). The van der Waals surface area contributed by atoms with Crippen LogP contribution in [0.2, 0.25) is 0 Å². The fraction of sp³-hybridized carbons (Fsp3) is 0.714. The summed E-state index contributed by atoms with van der Waals surface area (Å²) >= 11 is 1.72. The second-order valence-corrected chi connectivity index (χ2v) is 6.75. The van der Waals surface area contributed by atoms with E-state index in [4.69, 9.17) is 0 Å². The maximum Gasteiger partial charge on any atom is 0.222 e. The third kappa shape index (κ3) is 2.54. The lowest BCUT2D eigenvalue weighted by molar-refractivity contribution is -0.142. The van der Waals surface area contributed by atoms with Crippen molar-refractivity contribution in [2.45, 2.75) is 44.2 Å². The van der Waals surface area contributed by atoms with Gasteiger partial charge in [0, 0.05) is 31.6 Å². The number of piperidine rings is 2. The van der Waals surface area contributed by atoms with Crippen LogP contribution in [0.15, 0.2) is 11.6 Å². The van der Waals surface area contributed by atoms with Crippen LogP contribution in [0.3, 0.4) is 0 Å². The first-order chi connectivity index (χ1) is 9.20. The number of amides is 1. The van der Waals surface area contributed by atoms with Gasteiger partial charge in [-0.3, -0.25) is 9.69 Å². The zero-order valence-electron chi connectivity index (χ0n) is 11.5. The molecule has 1 aromatic heterocycles. The monoisotopic (exact) mass is 279 g/mol. The number of hydrogen-bond acceptors (Lipinski definition) is 4. The number of nitrogens with zero attached hydrogens (tertiary/aromatic N) is 3. The topological polar surface area (TPSA) is 36.4 Å². The number of aromatic nitrogens is 1. The van der Waals surface area contributed by atoms with Gasteiger partial charge in [0.1, 0.15) is 5.01 Å². The molecule has 2 saturated heterocycles. The minimum atomic E-state index is 0.0881. The van der Waals surface area contributed by atoms with Crippen LogP contribution in [0.4, 0.5) is 0 Å². The predicted molar refractivity (Wildman–Crippen MR) is 76.0 cm³/mol. The summed E-state index contributed by atoms with van der Waals surface area (Å²) in [7, 11) is 1.99. The van der Waals surface area contributed by atoms with E-state index in [0.29, 0.717) is 5.91 Å². The molecule has 4 nitrogen and oxygen atoms in total. The largest absolute Gasteiger partial charge is 0.339 e. The van der Waals surface area contributed by atoms with E-state index in [-0.39, 0.29) is 5.54 Å². The van der Waals surface area contributed by atoms with Gasteiger partial charge in [-0.15, -0.1) is 11.3 Å². The SMILES string of the molecule is CN1C(=O)CCC[C@@]12CCCN(Cc1nccs1)C2. The molecular weight excluding hydrogens is 258 g/mol. The smallest absolute Gasteiger partial charge is 0.222 e. The minimum absolute atomic E-state index is 0.0881. The molecule has 19 heavy (non-hydrogen) atoms. The summed E-state index contributed by atoms with van der Waals surface area (Å²) in [5, 5.41) is 3.22. The maximum atomic E-state index is 12.0. The lowest BCUT2D eigenvalue weighted by Crippen LogP contribution is -2.60. The average molecular weight is 279 g/mol. The molecule has 2 fully saturated rings. The van der Waals surface area contributed by atoms with Crippen molar-refractivity contribution in [3.63, 3.8) is 0 Å². The van der Waals surface area contributed by atoms with Crippen LogP contribution in [0.25, 0.3) is 0 Å². The highest BCUT2D eigenvalue weighted by Crippen LogP contribution is 2.36. The molecule has 2 aliphatic heterocycles. The summed E-state index contributed by atoms with van der Waals surface area (Å²) < 4.78 is 0. The summed E-state index contributed by atoms with van der Waals surface area (Å²) in [5.74, 6) is 0.322. The van der Waals surface area contributed by atoms with Gasteiger partial charge in [-0.05, 0) is 32.2 Å². The predicted octanol–water partition coefficient (Wildman–Crippen LogP) is 2.12. The molecule has 1 atom stereocenters. The van der Waals surface area contributed by atoms with E-state index < -0.39 is 0 Å². The van der Waals surface area contributed by atoms with Crippen LogP contribution in [0.1, 0.15) is 37.1 Å². The number of rotatable bonds is 2. The molecule has 0 aliphatic carbocycles. The van der Waals surface area contributed by atoms with Crippen molar-refractivity contribution in [3.8, 4) is 0 Å². The molecule has 0 unspecified atom stereocenters. The third-order valence-electron chi connectivity index (χ3n) is 4.60. The van der Waals surface area contributed by atoms with Crippen molar-refractivity contribution < 1.29 is 4.79 Å². The van der Waals surface area contributed by atoms with Crippen molar-refractivity contribution in [3.05, 3.63) is 16.6 Å². The van der Waals surface area contributed by atoms with Crippen molar-refractivity contribution in [2.24, 2.45) is 0 Å². The normalized spacial score (nSPS) is 29.1. The minimum Gasteiger partial charge on any atom is -0.339 e. The molecule has 0 bridgehead atoms. The Morgan fingerprint density at radius 2 is 2.26 bits per heavy atom. The van der Waals surface area contributed by atoms with E-state index >= 15 is 0 Å². The molecule has 1 amide bonds. The number of likely N-dealkylation sites (tertiary alicyclic amines) is 2. The van der Waals surface area contributed by atoms with E-state index in [1.54, 1.807) is 11.3 Å². The molecule has 104 valence electrons. The Bertz CT molecular complexity index is 444. The summed E-state index contributed by atoms with van der Waals surface area (Å²) in [4.78, 5) is 20.9. The van der Waals surface area contributed by atoms with Crippen LogP contribution in [-0.4, -0.2) is 46.4 Å². The van der Waals surface area contributed by atoms with Crippen LogP contribution >= 0.6 is 11.3 Å². The van der Waals surface area contributed by atoms with E-state index in [9.17, 15) is 4.79 Å². The highest BCUT2D eigenvalue weighted by atomic mass is 32.1. The molecule has 1 spiro atoms. The zero-order chi connectivity index (χ0) is 13.3. The van der Waals surface area contributed by atoms with Gasteiger partial charge < -0.3 is 4.90 Å². The molecule has 0 saturated carbocycles. The van der Waals surface area contributed by atoms with E-state index in [0.717, 1.165) is 45.3 Å². The van der Waals surface area contributed by atoms with Gasteiger partial charge in [-0.25, -0.2) is 4.98 Å². The Labute approximate surface area is 118 Å². The van der Waals surface area contributed by atoms with Gasteiger partial charge in [0.15, 0.2) is 0 Å². The first kappa shape index (κ1) is 13.1. The van der Waals surface area contributed by atoms with Crippen LogP contribution in [0.5, 0.6) is 0 Å². The van der Waals surface area contributed by atoms with Gasteiger partial charge in [0.05, 0.1) is 12.1 Å². The standard InChI is InChI=1S/C14H21N3OS/c1-16-13(18)4-2-5-14(16)6-3-8-17(11-14)10-12-15-7-9-19-12/h7,9H,2-6,8,10-11H2,1H3/t14-/m0/s1. The highest BCUT2D eigenvalue weighted by molar-refractivity contribution is 7.09. The summed E-state index contributed by atoms with van der Waals surface area (Å²) in [6.45, 7) is 3.07. The zero-order valence-corrected chi connectivity index (χ0v) is 12.3. The molecule has 3 heterocycles. The quantitative estimate of drug-likeness (QED) is 0.832. The van der Waals surface area contributed by atoms with Crippen molar-refractivity contribution in [2.75, 3.05) is 20.1 Å². The fourth-order valence-electron chi connectivity index (χ4n) is 3.51. The van der Waals surface area contributed by atoms with Crippen molar-refractivity contribution in [1.29, 1.82) is 0 Å². The molecule has 0 aromatic carbocycles. The number of thiazole rings is 1. The molecule has 2 aliphatic rings. The Kier molecular flexibility index (Phi) is 3.58. The summed E-state index contributed by atoms with van der Waals surface area (Å²) in [6.07, 6.45) is 7.14. The molecular formula is C14H21N3OS. The molecule has 0 radical (unpaired) electrons. The second kappa shape index (κ2) is 5.21. The molecule has 0 N–H and O–H groups in total. The van der Waals surface area contributed by atoms with Crippen LogP contribution in [-0.2, 0) is 11.3 Å². The van der Waals surface area contributed by atoms with Gasteiger partial charge in [-0.1, -0.05) is 0 Å². The van der Waals surface area contributed by atoms with Crippen molar-refractivity contribution >= 4 is 17.2 Å². The van der Waals surface area contributed by atoms with Gasteiger partial charge in [0.2, 0.25) is 5.91 Å². The molecule has 1 aromatic rings. The lowest BCUT2D eigenvalue weighted by atomic mass is 9.80. The number of carbonyl (C=O) groups excluding carboxylic acids is 1. The van der Waals surface area contributed by atoms with Crippen molar-refractivity contribution in [1.82, 2.24) is 14.8 Å².